The molecule has 1 aromatic rings. The lowest BCUT2D eigenvalue weighted by Crippen LogP contribution is -2.36. The average Bonchev–Trinajstić information content (AvgIpc) is 2.73. The molecule has 1 aromatic carbocycles. The number of rotatable bonds is 4. The van der Waals surface area contributed by atoms with Crippen molar-refractivity contribution in [1.82, 2.24) is 0 Å². The van der Waals surface area contributed by atoms with Gasteiger partial charge in [0.05, 0.1) is 5.56 Å². The van der Waals surface area contributed by atoms with Gasteiger partial charge in [0.15, 0.2) is 12.3 Å². The Morgan fingerprint density at radius 3 is 2.62 bits per heavy atom. The molecule has 114 valence electrons. The molecule has 21 heavy (non-hydrogen) atoms. The van der Waals surface area contributed by atoms with E-state index in [4.69, 9.17) is 14.2 Å². The number of hydrogen-bond donors (Lipinski definition) is 0. The van der Waals surface area contributed by atoms with Crippen LogP contribution in [-0.4, -0.2) is 41.9 Å². The Morgan fingerprint density at radius 1 is 1.33 bits per heavy atom. The minimum atomic E-state index is -1.52. The van der Waals surface area contributed by atoms with Crippen molar-refractivity contribution in [2.75, 3.05) is 6.61 Å². The quantitative estimate of drug-likeness (QED) is 0.608. The summed E-state index contributed by atoms with van der Waals surface area (Å²) < 4.78 is 29.1. The summed E-state index contributed by atoms with van der Waals surface area (Å²) in [6, 6.07) is 8.39. The van der Waals surface area contributed by atoms with Crippen molar-refractivity contribution in [1.29, 1.82) is 0 Å². The number of halogens is 2. The van der Waals surface area contributed by atoms with Crippen LogP contribution >= 0.6 is 15.9 Å². The second-order valence-corrected chi connectivity index (χ2v) is 5.41. The van der Waals surface area contributed by atoms with Crippen LogP contribution in [0.1, 0.15) is 17.3 Å². The molecular formula is C14H14BrFO5. The van der Waals surface area contributed by atoms with Gasteiger partial charge in [-0.2, -0.15) is 0 Å². The molecule has 5 nitrogen and oxygen atoms in total. The Bertz CT molecular complexity index is 509. The van der Waals surface area contributed by atoms with E-state index >= 15 is 0 Å². The highest BCUT2D eigenvalue weighted by atomic mass is 79.9. The van der Waals surface area contributed by atoms with Crippen LogP contribution in [-0.2, 0) is 19.0 Å². The number of esters is 2. The number of benzene rings is 1. The fourth-order valence-electron chi connectivity index (χ4n) is 1.96. The van der Waals surface area contributed by atoms with Gasteiger partial charge in [0.2, 0.25) is 0 Å². The molecule has 0 spiro atoms. The zero-order chi connectivity index (χ0) is 15.4. The first-order chi connectivity index (χ1) is 9.99. The smallest absolute Gasteiger partial charge is 0.338 e. The van der Waals surface area contributed by atoms with Gasteiger partial charge < -0.3 is 14.2 Å². The first-order valence-electron chi connectivity index (χ1n) is 6.32. The zero-order valence-electron chi connectivity index (χ0n) is 11.2. The Hall–Kier alpha value is -1.47. The Labute approximate surface area is 129 Å². The number of carbonyl (C=O) groups is 2. The van der Waals surface area contributed by atoms with Crippen molar-refractivity contribution >= 4 is 27.9 Å². The van der Waals surface area contributed by atoms with E-state index in [1.54, 1.807) is 30.3 Å². The maximum absolute atomic E-state index is 13.8. The molecule has 1 saturated heterocycles. The van der Waals surface area contributed by atoms with Gasteiger partial charge in [-0.05, 0) is 12.1 Å². The van der Waals surface area contributed by atoms with E-state index in [1.807, 2.05) is 0 Å². The molecule has 1 fully saturated rings. The molecule has 1 aliphatic rings. The van der Waals surface area contributed by atoms with E-state index < -0.39 is 35.3 Å². The second kappa shape index (κ2) is 7.00. The summed E-state index contributed by atoms with van der Waals surface area (Å²) in [5.74, 6) is -1.17. The van der Waals surface area contributed by atoms with Gasteiger partial charge in [-0.1, -0.05) is 34.1 Å². The molecule has 0 amide bonds. The van der Waals surface area contributed by atoms with E-state index in [2.05, 4.69) is 15.9 Å². The molecule has 0 N–H and O–H groups in total. The molecule has 0 unspecified atom stereocenters. The third kappa shape index (κ3) is 4.01. The summed E-state index contributed by atoms with van der Waals surface area (Å²) in [7, 11) is 0. The van der Waals surface area contributed by atoms with E-state index in [9.17, 15) is 14.0 Å². The lowest BCUT2D eigenvalue weighted by atomic mass is 10.2. The minimum Gasteiger partial charge on any atom is -0.459 e. The van der Waals surface area contributed by atoms with Gasteiger partial charge in [-0.25, -0.2) is 9.18 Å². The summed E-state index contributed by atoms with van der Waals surface area (Å²) in [6.07, 6.45) is -3.47. The first kappa shape index (κ1) is 15.9. The Balaban J connectivity index is 1.95. The monoisotopic (exact) mass is 360 g/mol. The molecule has 4 atom stereocenters. The normalized spacial score (nSPS) is 28.1. The Kier molecular flexibility index (Phi) is 5.30. The van der Waals surface area contributed by atoms with Crippen molar-refractivity contribution < 1.29 is 28.2 Å². The first-order valence-corrected chi connectivity index (χ1v) is 7.23. The van der Waals surface area contributed by atoms with E-state index in [0.29, 0.717) is 5.56 Å². The SMILES string of the molecule is CC(=O)O[C@H]1[C@H](F)[C@@H](Br)O[C@@H]1COC(=O)c1ccccc1. The van der Waals surface area contributed by atoms with Crippen LogP contribution < -0.4 is 0 Å². The number of alkyl halides is 2. The van der Waals surface area contributed by atoms with Crippen molar-refractivity contribution in [3.05, 3.63) is 35.9 Å². The summed E-state index contributed by atoms with van der Waals surface area (Å²) in [5, 5.41) is -0.901. The highest BCUT2D eigenvalue weighted by molar-refractivity contribution is 9.09. The highest BCUT2D eigenvalue weighted by Gasteiger charge is 2.46. The summed E-state index contributed by atoms with van der Waals surface area (Å²) >= 11 is 3.00. The van der Waals surface area contributed by atoms with Crippen molar-refractivity contribution in [3.63, 3.8) is 0 Å². The molecule has 0 radical (unpaired) electrons. The molecule has 7 heteroatoms. The van der Waals surface area contributed by atoms with E-state index in [1.165, 1.54) is 6.92 Å². The lowest BCUT2D eigenvalue weighted by Gasteiger charge is -2.18. The topological polar surface area (TPSA) is 61.8 Å². The van der Waals surface area contributed by atoms with E-state index in [-0.39, 0.29) is 6.61 Å². The summed E-state index contributed by atoms with van der Waals surface area (Å²) in [6.45, 7) is 0.982. The zero-order valence-corrected chi connectivity index (χ0v) is 12.8. The lowest BCUT2D eigenvalue weighted by molar-refractivity contribution is -0.152. The number of ether oxygens (including phenoxy) is 3. The van der Waals surface area contributed by atoms with E-state index in [0.717, 1.165) is 0 Å². The average molecular weight is 361 g/mol. The Morgan fingerprint density at radius 2 is 2.00 bits per heavy atom. The predicted molar refractivity (Wildman–Crippen MR) is 74.8 cm³/mol. The summed E-state index contributed by atoms with van der Waals surface area (Å²) in [4.78, 5) is 22.8. The summed E-state index contributed by atoms with van der Waals surface area (Å²) in [5.41, 5.74) is 0.381. The van der Waals surface area contributed by atoms with Crippen molar-refractivity contribution in [3.8, 4) is 0 Å². The van der Waals surface area contributed by atoms with Crippen LogP contribution in [0.3, 0.4) is 0 Å². The van der Waals surface area contributed by atoms with Gasteiger partial charge >= 0.3 is 11.9 Å². The van der Waals surface area contributed by atoms with Crippen LogP contribution in [0, 0.1) is 0 Å². The maximum Gasteiger partial charge on any atom is 0.338 e. The number of carbonyl (C=O) groups excluding carboxylic acids is 2. The van der Waals surface area contributed by atoms with Gasteiger partial charge in [0, 0.05) is 6.92 Å². The molecule has 0 aromatic heterocycles. The van der Waals surface area contributed by atoms with Gasteiger partial charge in [0.1, 0.15) is 17.7 Å². The van der Waals surface area contributed by atoms with Crippen molar-refractivity contribution in [2.24, 2.45) is 0 Å². The third-order valence-corrected chi connectivity index (χ3v) is 3.65. The maximum atomic E-state index is 13.8. The standard InChI is InChI=1S/C14H14BrFO5/c1-8(17)20-12-10(21-13(15)11(12)16)7-19-14(18)9-5-3-2-4-6-9/h2-6,10-13H,7H2,1H3/t10-,11+,12-,13+/m1/s1. The molecule has 0 saturated carbocycles. The predicted octanol–water partition coefficient (Wildman–Crippen LogP) is 2.23. The number of hydrogen-bond acceptors (Lipinski definition) is 5. The second-order valence-electron chi connectivity index (χ2n) is 4.51. The molecule has 0 bridgehead atoms. The molecule has 0 aliphatic carbocycles. The van der Waals surface area contributed by atoms with Crippen LogP contribution in [0.25, 0.3) is 0 Å². The van der Waals surface area contributed by atoms with Gasteiger partial charge in [-0.15, -0.1) is 0 Å². The third-order valence-electron chi connectivity index (χ3n) is 2.93. The van der Waals surface area contributed by atoms with Gasteiger partial charge in [-0.3, -0.25) is 4.79 Å². The van der Waals surface area contributed by atoms with Gasteiger partial charge in [0.25, 0.3) is 0 Å². The van der Waals surface area contributed by atoms with Crippen LogP contribution in [0.4, 0.5) is 4.39 Å². The van der Waals surface area contributed by atoms with Crippen LogP contribution in [0.15, 0.2) is 30.3 Å². The fraction of sp³-hybridized carbons (Fsp3) is 0.429. The van der Waals surface area contributed by atoms with Crippen LogP contribution in [0.2, 0.25) is 0 Å². The molecule has 2 rings (SSSR count). The highest BCUT2D eigenvalue weighted by Crippen LogP contribution is 2.30. The van der Waals surface area contributed by atoms with Crippen molar-refractivity contribution in [2.45, 2.75) is 30.3 Å². The molecular weight excluding hydrogens is 347 g/mol. The molecule has 1 aliphatic heterocycles. The molecule has 1 heterocycles. The largest absolute Gasteiger partial charge is 0.459 e. The minimum absolute atomic E-state index is 0.200. The fourth-order valence-corrected chi connectivity index (χ4v) is 2.53. The van der Waals surface area contributed by atoms with Crippen LogP contribution in [0.5, 0.6) is 0 Å².